The van der Waals surface area contributed by atoms with Gasteiger partial charge in [-0.2, -0.15) is 0 Å². The lowest BCUT2D eigenvalue weighted by Gasteiger charge is -2.25. The van der Waals surface area contributed by atoms with Gasteiger partial charge in [-0.15, -0.1) is 0 Å². The van der Waals surface area contributed by atoms with Crippen LogP contribution in [-0.4, -0.2) is 49.6 Å². The van der Waals surface area contributed by atoms with E-state index in [-0.39, 0.29) is 11.9 Å². The minimum Gasteiger partial charge on any atom is -0.383 e. The highest BCUT2D eigenvalue weighted by atomic mass is 79.9. The maximum atomic E-state index is 12.4. The fraction of sp³-hybridized carbons (Fsp3) is 0.500. The lowest BCUT2D eigenvalue weighted by atomic mass is 10.2. The van der Waals surface area contributed by atoms with Crippen LogP contribution >= 0.6 is 15.9 Å². The predicted octanol–water partition coefficient (Wildman–Crippen LogP) is 1.99. The van der Waals surface area contributed by atoms with Gasteiger partial charge in [0.15, 0.2) is 0 Å². The molecule has 0 fully saturated rings. The highest BCUT2D eigenvalue weighted by molar-refractivity contribution is 9.10. The monoisotopic (exact) mass is 315 g/mol. The number of likely N-dealkylation sites (N-methyl/N-ethyl adjacent to an activating group) is 1. The second-order valence-electron chi connectivity index (χ2n) is 4.02. The fourth-order valence-corrected chi connectivity index (χ4v) is 1.88. The van der Waals surface area contributed by atoms with Crippen LogP contribution < -0.4 is 5.32 Å². The molecule has 6 heteroatoms. The molecule has 0 aliphatic rings. The summed E-state index contributed by atoms with van der Waals surface area (Å²) in [6.45, 7) is 2.43. The molecule has 1 N–H and O–H groups in total. The number of aromatic nitrogens is 1. The third-order valence-electron chi connectivity index (χ3n) is 2.71. The molecule has 18 heavy (non-hydrogen) atoms. The Morgan fingerprint density at radius 3 is 2.89 bits per heavy atom. The molecular weight excluding hydrogens is 298 g/mol. The number of nitrogens with zero attached hydrogens (tertiary/aromatic N) is 2. The maximum Gasteiger partial charge on any atom is 0.257 e. The molecule has 1 aromatic rings. The molecule has 0 aliphatic heterocycles. The van der Waals surface area contributed by atoms with Gasteiger partial charge in [-0.1, -0.05) is 0 Å². The Hall–Kier alpha value is -1.14. The first-order chi connectivity index (χ1) is 8.51. The Labute approximate surface area is 116 Å². The van der Waals surface area contributed by atoms with Gasteiger partial charge in [0.1, 0.15) is 5.82 Å². The van der Waals surface area contributed by atoms with Crippen LogP contribution in [0.2, 0.25) is 0 Å². The average Bonchev–Trinajstić information content (AvgIpc) is 2.37. The molecule has 100 valence electrons. The van der Waals surface area contributed by atoms with Crippen molar-refractivity contribution in [2.24, 2.45) is 0 Å². The number of rotatable bonds is 5. The van der Waals surface area contributed by atoms with E-state index in [2.05, 4.69) is 26.2 Å². The topological polar surface area (TPSA) is 54.5 Å². The van der Waals surface area contributed by atoms with Crippen molar-refractivity contribution < 1.29 is 9.53 Å². The van der Waals surface area contributed by atoms with Crippen molar-refractivity contribution in [3.8, 4) is 0 Å². The average molecular weight is 316 g/mol. The first-order valence-electron chi connectivity index (χ1n) is 5.60. The van der Waals surface area contributed by atoms with E-state index in [0.29, 0.717) is 18.0 Å². The molecule has 1 heterocycles. The lowest BCUT2D eigenvalue weighted by molar-refractivity contribution is 0.0634. The maximum absolute atomic E-state index is 12.4. The van der Waals surface area contributed by atoms with Gasteiger partial charge in [-0.25, -0.2) is 4.98 Å². The van der Waals surface area contributed by atoms with Crippen molar-refractivity contribution in [1.82, 2.24) is 9.88 Å². The third kappa shape index (κ3) is 3.43. The molecule has 0 radical (unpaired) electrons. The number of ether oxygens (including phenoxy) is 1. The second-order valence-corrected chi connectivity index (χ2v) is 4.94. The van der Waals surface area contributed by atoms with E-state index in [4.69, 9.17) is 4.74 Å². The highest BCUT2D eigenvalue weighted by Crippen LogP contribution is 2.19. The Kier molecular flexibility index (Phi) is 5.55. The van der Waals surface area contributed by atoms with E-state index in [1.165, 1.54) is 0 Å². The van der Waals surface area contributed by atoms with Crippen molar-refractivity contribution >= 4 is 27.7 Å². The summed E-state index contributed by atoms with van der Waals surface area (Å²) in [6.07, 6.45) is 1.65. The standard InChI is InChI=1S/C12H18BrN3O2/c1-8(7-18-4)16(3)12(17)10-5-9(13)6-15-11(10)14-2/h5-6,8H,7H2,1-4H3,(H,14,15). The first kappa shape index (κ1) is 14.9. The quantitative estimate of drug-likeness (QED) is 0.903. The van der Waals surface area contributed by atoms with E-state index in [0.717, 1.165) is 4.47 Å². The van der Waals surface area contributed by atoms with Gasteiger partial charge in [0.2, 0.25) is 0 Å². The number of hydrogen-bond donors (Lipinski definition) is 1. The number of carbonyl (C=O) groups excluding carboxylic acids is 1. The smallest absolute Gasteiger partial charge is 0.257 e. The number of halogens is 1. The van der Waals surface area contributed by atoms with Gasteiger partial charge in [0.05, 0.1) is 18.2 Å². The Bertz CT molecular complexity index is 426. The first-order valence-corrected chi connectivity index (χ1v) is 6.40. The predicted molar refractivity (Wildman–Crippen MR) is 74.9 cm³/mol. The van der Waals surface area contributed by atoms with Gasteiger partial charge >= 0.3 is 0 Å². The highest BCUT2D eigenvalue weighted by Gasteiger charge is 2.20. The zero-order valence-corrected chi connectivity index (χ0v) is 12.6. The number of methoxy groups -OCH3 is 1. The van der Waals surface area contributed by atoms with E-state index >= 15 is 0 Å². The van der Waals surface area contributed by atoms with Crippen LogP contribution in [0.5, 0.6) is 0 Å². The Morgan fingerprint density at radius 1 is 1.67 bits per heavy atom. The minimum atomic E-state index is -0.0855. The zero-order valence-electron chi connectivity index (χ0n) is 11.0. The van der Waals surface area contributed by atoms with Gasteiger partial charge < -0.3 is 15.0 Å². The van der Waals surface area contributed by atoms with Gasteiger partial charge in [0, 0.05) is 31.9 Å². The number of anilines is 1. The number of amides is 1. The van der Waals surface area contributed by atoms with Crippen molar-refractivity contribution in [3.63, 3.8) is 0 Å². The summed E-state index contributed by atoms with van der Waals surface area (Å²) in [5, 5.41) is 2.92. The van der Waals surface area contributed by atoms with Gasteiger partial charge in [0.25, 0.3) is 5.91 Å². The Morgan fingerprint density at radius 2 is 2.33 bits per heavy atom. The summed E-state index contributed by atoms with van der Waals surface area (Å²) in [7, 11) is 5.12. The summed E-state index contributed by atoms with van der Waals surface area (Å²) in [6, 6.07) is 1.77. The lowest BCUT2D eigenvalue weighted by Crippen LogP contribution is -2.38. The van der Waals surface area contributed by atoms with Crippen molar-refractivity contribution in [2.75, 3.05) is 33.1 Å². The molecular formula is C12H18BrN3O2. The molecule has 5 nitrogen and oxygen atoms in total. The van der Waals surface area contributed by atoms with Crippen molar-refractivity contribution in [1.29, 1.82) is 0 Å². The van der Waals surface area contributed by atoms with Crippen molar-refractivity contribution in [3.05, 3.63) is 22.3 Å². The van der Waals surface area contributed by atoms with E-state index in [1.807, 2.05) is 6.92 Å². The van der Waals surface area contributed by atoms with Crippen LogP contribution in [0.1, 0.15) is 17.3 Å². The van der Waals surface area contributed by atoms with Crippen LogP contribution in [0.25, 0.3) is 0 Å². The van der Waals surface area contributed by atoms with E-state index in [1.54, 1.807) is 38.4 Å². The van der Waals surface area contributed by atoms with Crippen LogP contribution in [0.15, 0.2) is 16.7 Å². The molecule has 1 aromatic heterocycles. The van der Waals surface area contributed by atoms with E-state index in [9.17, 15) is 4.79 Å². The molecule has 1 atom stereocenters. The van der Waals surface area contributed by atoms with Gasteiger partial charge in [-0.05, 0) is 28.9 Å². The zero-order chi connectivity index (χ0) is 13.7. The third-order valence-corrected chi connectivity index (χ3v) is 3.14. The molecule has 1 rings (SSSR count). The summed E-state index contributed by atoms with van der Waals surface area (Å²) in [4.78, 5) is 18.2. The molecule has 0 bridgehead atoms. The van der Waals surface area contributed by atoms with E-state index < -0.39 is 0 Å². The van der Waals surface area contributed by atoms with Crippen molar-refractivity contribution in [2.45, 2.75) is 13.0 Å². The normalized spacial score (nSPS) is 12.1. The van der Waals surface area contributed by atoms with Crippen LogP contribution in [0.4, 0.5) is 5.82 Å². The Balaban J connectivity index is 2.98. The summed E-state index contributed by atoms with van der Waals surface area (Å²) >= 11 is 3.32. The van der Waals surface area contributed by atoms with Gasteiger partial charge in [-0.3, -0.25) is 4.79 Å². The molecule has 0 saturated heterocycles. The molecule has 0 spiro atoms. The number of hydrogen-bond acceptors (Lipinski definition) is 4. The minimum absolute atomic E-state index is 0.00573. The summed E-state index contributed by atoms with van der Waals surface area (Å²) < 4.78 is 5.83. The second kappa shape index (κ2) is 6.70. The molecule has 1 amide bonds. The van der Waals surface area contributed by atoms with Crippen LogP contribution in [-0.2, 0) is 4.74 Å². The summed E-state index contributed by atoms with van der Waals surface area (Å²) in [5.41, 5.74) is 0.539. The fourth-order valence-electron chi connectivity index (χ4n) is 1.54. The number of pyridine rings is 1. The number of nitrogens with one attached hydrogen (secondary N) is 1. The number of carbonyl (C=O) groups is 1. The summed E-state index contributed by atoms with van der Waals surface area (Å²) in [5.74, 6) is 0.484. The largest absolute Gasteiger partial charge is 0.383 e. The van der Waals surface area contributed by atoms with Crippen LogP contribution in [0, 0.1) is 0 Å². The van der Waals surface area contributed by atoms with Crippen LogP contribution in [0.3, 0.4) is 0 Å². The molecule has 0 aliphatic carbocycles. The SMILES string of the molecule is CNc1ncc(Br)cc1C(=O)N(C)C(C)COC. The molecule has 0 saturated carbocycles. The molecule has 0 aromatic carbocycles. The molecule has 1 unspecified atom stereocenters.